The lowest BCUT2D eigenvalue weighted by molar-refractivity contribution is 1.07. The zero-order valence-corrected chi connectivity index (χ0v) is 60.9. The molecule has 23 rings (SSSR count). The Bertz CT molecular complexity index is 7200. The third-order valence-corrected chi connectivity index (χ3v) is 22.1. The van der Waals surface area contributed by atoms with Crippen LogP contribution >= 0.6 is 0 Å². The maximum Gasteiger partial charge on any atom is 0.164 e. The molecule has 0 aliphatic rings. The van der Waals surface area contributed by atoms with Gasteiger partial charge in [-0.1, -0.05) is 249 Å². The third-order valence-electron chi connectivity index (χ3n) is 22.1. The molecule has 528 valence electrons. The minimum atomic E-state index is 0.628. The van der Waals surface area contributed by atoms with Crippen LogP contribution in [0.15, 0.2) is 394 Å². The molecule has 11 nitrogen and oxygen atoms in total. The van der Waals surface area contributed by atoms with Gasteiger partial charge in [0.25, 0.3) is 0 Å². The van der Waals surface area contributed by atoms with Crippen LogP contribution in [0.4, 0.5) is 0 Å². The average Bonchev–Trinajstić information content (AvgIpc) is 1.58. The largest absolute Gasteiger partial charge is 0.309 e. The van der Waals surface area contributed by atoms with Crippen LogP contribution < -0.4 is 0 Å². The summed E-state index contributed by atoms with van der Waals surface area (Å²) in [5.74, 6) is 3.86. The third kappa shape index (κ3) is 11.0. The van der Waals surface area contributed by atoms with E-state index < -0.39 is 0 Å². The van der Waals surface area contributed by atoms with E-state index in [1.54, 1.807) is 0 Å². The molecule has 0 amide bonds. The SMILES string of the molecule is c1ccc(-c2nc(-c3ccccc3)nc(-c3ccc(-n4c5ccc(-n6c7ccccc7c7ccccc76)cc5c5cc(-n6c7ccccc7c7ccccc76)ccc54)cc3)n2)cc1.c1ccc(-c2nc(-c3ccccc3)nc(-c3ccc(-n4c5ccccc5c5cc(-n6c7ccccc7c7ccccc76)ccc54)cc3)n2)cc1. The Morgan fingerprint density at radius 3 is 0.513 bits per heavy atom. The summed E-state index contributed by atoms with van der Waals surface area (Å²) < 4.78 is 11.9. The average molecular weight is 1440 g/mol. The smallest absolute Gasteiger partial charge is 0.164 e. The lowest BCUT2D eigenvalue weighted by atomic mass is 10.1. The van der Waals surface area contributed by atoms with Crippen molar-refractivity contribution in [2.45, 2.75) is 0 Å². The maximum absolute atomic E-state index is 5.01. The normalized spacial score (nSPS) is 11.7. The van der Waals surface area contributed by atoms with Crippen molar-refractivity contribution in [1.29, 1.82) is 0 Å². The van der Waals surface area contributed by atoms with Crippen molar-refractivity contribution in [3.8, 4) is 96.8 Å². The molecule has 0 spiro atoms. The standard InChI is InChI=1S/C57H36N6.C45H29N5/c1-3-15-37(16-4-1)55-58-56(38-17-5-2-6-18-38)60-57(59-55)39-27-29-40(30-28-39)61-53-33-31-41(62-49-23-11-7-19-43(49)44-20-8-12-24-50(44)62)35-47(53)48-36-42(32-34-54(48)61)63-51-25-13-9-21-45(51)46-22-10-14-26-52(46)63;1-3-13-30(14-4-1)43-46-44(31-15-5-2-6-16-31)48-45(47-43)32-23-25-33(26-24-32)49-41-22-12-9-19-37(41)38-29-34(27-28-42(38)49)50-39-20-10-7-17-35(39)36-18-8-11-21-40(36)50/h1-36H;1-29H. The molecule has 0 bridgehead atoms. The van der Waals surface area contributed by atoms with Gasteiger partial charge in [0.05, 0.1) is 55.2 Å². The van der Waals surface area contributed by atoms with Crippen LogP contribution in [0.3, 0.4) is 0 Å². The Morgan fingerprint density at radius 2 is 0.283 bits per heavy atom. The van der Waals surface area contributed by atoms with Gasteiger partial charge >= 0.3 is 0 Å². The number of para-hydroxylation sites is 7. The van der Waals surface area contributed by atoms with E-state index >= 15 is 0 Å². The quantitative estimate of drug-likeness (QED) is 0.128. The minimum Gasteiger partial charge on any atom is -0.309 e. The van der Waals surface area contributed by atoms with Gasteiger partial charge < -0.3 is 22.8 Å². The Morgan fingerprint density at radius 1 is 0.124 bits per heavy atom. The number of aromatic nitrogens is 11. The lowest BCUT2D eigenvalue weighted by Crippen LogP contribution is -2.00. The molecule has 0 unspecified atom stereocenters. The first-order valence-corrected chi connectivity index (χ1v) is 38.1. The van der Waals surface area contributed by atoms with E-state index in [2.05, 4.69) is 296 Å². The van der Waals surface area contributed by atoms with Crippen LogP contribution in [0, 0.1) is 0 Å². The topological polar surface area (TPSA) is 102 Å². The van der Waals surface area contributed by atoms with Crippen molar-refractivity contribution in [1.82, 2.24) is 52.7 Å². The lowest BCUT2D eigenvalue weighted by Gasteiger charge is -2.12. The van der Waals surface area contributed by atoms with Gasteiger partial charge in [0.15, 0.2) is 34.9 Å². The highest BCUT2D eigenvalue weighted by Crippen LogP contribution is 2.43. The summed E-state index contributed by atoms with van der Waals surface area (Å²) in [4.78, 5) is 29.7. The van der Waals surface area contributed by atoms with E-state index in [1.165, 1.54) is 87.0 Å². The van der Waals surface area contributed by atoms with Crippen molar-refractivity contribution < 1.29 is 0 Å². The molecule has 113 heavy (non-hydrogen) atoms. The second kappa shape index (κ2) is 26.7. The highest BCUT2D eigenvalue weighted by atomic mass is 15.1. The van der Waals surface area contributed by atoms with E-state index in [0.29, 0.717) is 34.9 Å². The summed E-state index contributed by atoms with van der Waals surface area (Å²) >= 11 is 0. The second-order valence-corrected chi connectivity index (χ2v) is 28.6. The molecule has 0 aliphatic heterocycles. The van der Waals surface area contributed by atoms with E-state index in [4.69, 9.17) is 29.9 Å². The zero-order valence-electron chi connectivity index (χ0n) is 60.9. The first-order chi connectivity index (χ1) is 56.0. The van der Waals surface area contributed by atoms with Gasteiger partial charge in [-0.15, -0.1) is 0 Å². The minimum absolute atomic E-state index is 0.628. The van der Waals surface area contributed by atoms with E-state index in [9.17, 15) is 0 Å². The number of hydrogen-bond donors (Lipinski definition) is 0. The van der Waals surface area contributed by atoms with Gasteiger partial charge in [-0.05, 0) is 146 Å². The zero-order chi connectivity index (χ0) is 74.5. The van der Waals surface area contributed by atoms with Crippen molar-refractivity contribution in [2.75, 3.05) is 0 Å². The Hall–Kier alpha value is -15.5. The molecular formula is C102H65N11. The molecule has 0 N–H and O–H groups in total. The fraction of sp³-hybridized carbons (Fsp3) is 0. The Balaban J connectivity index is 0.000000142. The molecule has 0 saturated heterocycles. The van der Waals surface area contributed by atoms with E-state index in [1.807, 2.05) is 121 Å². The number of fused-ring (bicyclic) bond motifs is 15. The van der Waals surface area contributed by atoms with Crippen LogP contribution in [0.25, 0.3) is 206 Å². The molecule has 0 aliphatic carbocycles. The maximum atomic E-state index is 5.01. The van der Waals surface area contributed by atoms with Crippen LogP contribution in [-0.4, -0.2) is 52.7 Å². The van der Waals surface area contributed by atoms with Gasteiger partial charge in [0, 0.05) is 116 Å². The molecule has 11 heteroatoms. The highest BCUT2D eigenvalue weighted by Gasteiger charge is 2.23. The number of benzene rings is 16. The van der Waals surface area contributed by atoms with Gasteiger partial charge in [-0.3, -0.25) is 0 Å². The van der Waals surface area contributed by atoms with Crippen LogP contribution in [0.1, 0.15) is 0 Å². The number of hydrogen-bond acceptors (Lipinski definition) is 6. The molecule has 0 fully saturated rings. The summed E-state index contributed by atoms with van der Waals surface area (Å²) in [5.41, 5.74) is 22.9. The van der Waals surface area contributed by atoms with Gasteiger partial charge in [-0.25, -0.2) is 29.9 Å². The van der Waals surface area contributed by atoms with Crippen molar-refractivity contribution in [3.05, 3.63) is 394 Å². The fourth-order valence-electron chi connectivity index (χ4n) is 16.9. The predicted octanol–water partition coefficient (Wildman–Crippen LogP) is 25.2. The van der Waals surface area contributed by atoms with Gasteiger partial charge in [0.1, 0.15) is 0 Å². The molecule has 16 aromatic carbocycles. The summed E-state index contributed by atoms with van der Waals surface area (Å²) in [6.45, 7) is 0. The molecule has 0 saturated carbocycles. The van der Waals surface area contributed by atoms with Gasteiger partial charge in [0.2, 0.25) is 0 Å². The van der Waals surface area contributed by atoms with Crippen molar-refractivity contribution >= 4 is 109 Å². The number of nitrogens with zero attached hydrogens (tertiary/aromatic N) is 11. The van der Waals surface area contributed by atoms with E-state index in [0.717, 1.165) is 83.9 Å². The van der Waals surface area contributed by atoms with Gasteiger partial charge in [-0.2, -0.15) is 0 Å². The van der Waals surface area contributed by atoms with Crippen molar-refractivity contribution in [2.24, 2.45) is 0 Å². The second-order valence-electron chi connectivity index (χ2n) is 28.6. The summed E-state index contributed by atoms with van der Waals surface area (Å²) in [6, 6.07) is 139. The first-order valence-electron chi connectivity index (χ1n) is 38.1. The first kappa shape index (κ1) is 64.7. The predicted molar refractivity (Wildman–Crippen MR) is 464 cm³/mol. The van der Waals surface area contributed by atoms with Crippen molar-refractivity contribution in [3.63, 3.8) is 0 Å². The molecule has 0 atom stereocenters. The van der Waals surface area contributed by atoms with Crippen LogP contribution in [0.5, 0.6) is 0 Å². The molecule has 7 heterocycles. The fourth-order valence-corrected chi connectivity index (χ4v) is 16.9. The monoisotopic (exact) mass is 1440 g/mol. The molecule has 7 aromatic heterocycles. The van der Waals surface area contributed by atoms with Crippen LogP contribution in [0.2, 0.25) is 0 Å². The van der Waals surface area contributed by atoms with E-state index in [-0.39, 0.29) is 0 Å². The summed E-state index contributed by atoms with van der Waals surface area (Å²) in [5, 5.41) is 12.3. The Labute approximate surface area is 648 Å². The molecule has 0 radical (unpaired) electrons. The molecule has 23 aromatic rings. The Kier molecular flexibility index (Phi) is 15.3. The summed E-state index contributed by atoms with van der Waals surface area (Å²) in [6.07, 6.45) is 0. The highest BCUT2D eigenvalue weighted by molar-refractivity contribution is 6.16. The molecular weight excluding hydrogens is 1380 g/mol. The van der Waals surface area contributed by atoms with Crippen LogP contribution in [-0.2, 0) is 0 Å². The number of rotatable bonds is 11. The summed E-state index contributed by atoms with van der Waals surface area (Å²) in [7, 11) is 0.